The van der Waals surface area contributed by atoms with Crippen molar-refractivity contribution in [3.63, 3.8) is 0 Å². The number of thioether (sulfide) groups is 1. The summed E-state index contributed by atoms with van der Waals surface area (Å²) in [6, 6.07) is 3.97. The van der Waals surface area contributed by atoms with Crippen molar-refractivity contribution in [3.05, 3.63) is 22.8 Å². The third-order valence-electron chi connectivity index (χ3n) is 2.77. The summed E-state index contributed by atoms with van der Waals surface area (Å²) in [6.45, 7) is 2.31. The van der Waals surface area contributed by atoms with Crippen LogP contribution in [0.5, 0.6) is 0 Å². The van der Waals surface area contributed by atoms with Crippen molar-refractivity contribution in [1.29, 1.82) is 0 Å². The van der Waals surface area contributed by atoms with Crippen LogP contribution >= 0.6 is 27.7 Å². The van der Waals surface area contributed by atoms with Gasteiger partial charge in [-0.2, -0.15) is 0 Å². The summed E-state index contributed by atoms with van der Waals surface area (Å²) in [5.41, 5.74) is 4.87. The standard InChI is InChI=1S/C12H19BrN2OS/c1-2-12(16,9-14)6-3-7-17-11-5-4-10(13)8-15-11/h4-5,8,16H,2-3,6-7,9,14H2,1H3. The molecule has 1 rings (SSSR count). The van der Waals surface area contributed by atoms with Crippen molar-refractivity contribution in [2.24, 2.45) is 5.73 Å². The fourth-order valence-corrected chi connectivity index (χ4v) is 2.47. The zero-order valence-corrected chi connectivity index (χ0v) is 12.4. The van der Waals surface area contributed by atoms with Crippen LogP contribution in [0.3, 0.4) is 0 Å². The first-order valence-electron chi connectivity index (χ1n) is 5.76. The summed E-state index contributed by atoms with van der Waals surface area (Å²) in [4.78, 5) is 4.28. The van der Waals surface area contributed by atoms with Gasteiger partial charge >= 0.3 is 0 Å². The van der Waals surface area contributed by atoms with Crippen molar-refractivity contribution in [2.45, 2.75) is 36.8 Å². The van der Waals surface area contributed by atoms with Gasteiger partial charge in [-0.05, 0) is 53.1 Å². The smallest absolute Gasteiger partial charge is 0.0960 e. The fourth-order valence-electron chi connectivity index (χ4n) is 1.45. The molecule has 0 fully saturated rings. The van der Waals surface area contributed by atoms with E-state index >= 15 is 0 Å². The molecule has 17 heavy (non-hydrogen) atoms. The molecule has 0 saturated carbocycles. The van der Waals surface area contributed by atoms with Gasteiger partial charge in [-0.15, -0.1) is 11.8 Å². The van der Waals surface area contributed by atoms with Gasteiger partial charge in [-0.3, -0.25) is 0 Å². The molecule has 3 nitrogen and oxygen atoms in total. The monoisotopic (exact) mass is 318 g/mol. The van der Waals surface area contributed by atoms with Crippen LogP contribution in [0.1, 0.15) is 26.2 Å². The Balaban J connectivity index is 2.26. The van der Waals surface area contributed by atoms with E-state index in [1.165, 1.54) is 0 Å². The molecule has 0 saturated heterocycles. The first kappa shape index (κ1) is 15.0. The quantitative estimate of drug-likeness (QED) is 0.599. The van der Waals surface area contributed by atoms with Crippen molar-refractivity contribution in [1.82, 2.24) is 4.98 Å². The van der Waals surface area contributed by atoms with Gasteiger partial charge in [0.25, 0.3) is 0 Å². The highest BCUT2D eigenvalue weighted by Gasteiger charge is 2.21. The molecule has 0 spiro atoms. The zero-order chi connectivity index (χ0) is 12.7. The van der Waals surface area contributed by atoms with E-state index in [0.29, 0.717) is 13.0 Å². The minimum absolute atomic E-state index is 0.338. The number of aromatic nitrogens is 1. The van der Waals surface area contributed by atoms with E-state index in [1.54, 1.807) is 18.0 Å². The molecule has 1 aromatic rings. The summed E-state index contributed by atoms with van der Waals surface area (Å²) in [6.07, 6.45) is 4.21. The highest BCUT2D eigenvalue weighted by Crippen LogP contribution is 2.22. The molecule has 0 aliphatic rings. The van der Waals surface area contributed by atoms with E-state index in [4.69, 9.17) is 5.73 Å². The Kier molecular flexibility index (Phi) is 6.48. The Bertz CT molecular complexity index is 328. The number of rotatable bonds is 7. The zero-order valence-electron chi connectivity index (χ0n) is 10.0. The van der Waals surface area contributed by atoms with Crippen LogP contribution < -0.4 is 5.73 Å². The molecule has 1 unspecified atom stereocenters. The third-order valence-corrected chi connectivity index (χ3v) is 4.27. The molecule has 1 heterocycles. The molecule has 1 aromatic heterocycles. The van der Waals surface area contributed by atoms with Crippen molar-refractivity contribution in [3.8, 4) is 0 Å². The van der Waals surface area contributed by atoms with Crippen LogP contribution in [0.25, 0.3) is 0 Å². The Labute approximate surface area is 115 Å². The highest BCUT2D eigenvalue weighted by atomic mass is 79.9. The number of pyridine rings is 1. The lowest BCUT2D eigenvalue weighted by Gasteiger charge is -2.24. The number of nitrogens with two attached hydrogens (primary N) is 1. The van der Waals surface area contributed by atoms with Gasteiger partial charge in [0.1, 0.15) is 0 Å². The van der Waals surface area contributed by atoms with E-state index in [-0.39, 0.29) is 0 Å². The van der Waals surface area contributed by atoms with E-state index in [0.717, 1.165) is 28.1 Å². The van der Waals surface area contributed by atoms with E-state index < -0.39 is 5.60 Å². The molecule has 5 heteroatoms. The second-order valence-electron chi connectivity index (χ2n) is 4.05. The maximum absolute atomic E-state index is 10.0. The van der Waals surface area contributed by atoms with Crippen LogP contribution in [0.2, 0.25) is 0 Å². The summed E-state index contributed by atoms with van der Waals surface area (Å²) >= 11 is 5.06. The number of halogens is 1. The minimum atomic E-state index is -0.687. The van der Waals surface area contributed by atoms with Gasteiger partial charge in [0, 0.05) is 17.2 Å². The average Bonchev–Trinajstić information content (AvgIpc) is 2.36. The van der Waals surface area contributed by atoms with Crippen LogP contribution in [0, 0.1) is 0 Å². The summed E-state index contributed by atoms with van der Waals surface area (Å²) < 4.78 is 0.991. The second-order valence-corrected chi connectivity index (χ2v) is 6.08. The maximum atomic E-state index is 10.0. The fraction of sp³-hybridized carbons (Fsp3) is 0.583. The summed E-state index contributed by atoms with van der Waals surface area (Å²) in [5.74, 6) is 0.955. The van der Waals surface area contributed by atoms with Crippen LogP contribution in [-0.4, -0.2) is 28.0 Å². The predicted octanol–water partition coefficient (Wildman–Crippen LogP) is 2.82. The van der Waals surface area contributed by atoms with Gasteiger partial charge in [0.05, 0.1) is 10.6 Å². The molecule has 0 aliphatic heterocycles. The van der Waals surface area contributed by atoms with Gasteiger partial charge in [-0.25, -0.2) is 4.98 Å². The Morgan fingerprint density at radius 1 is 1.53 bits per heavy atom. The van der Waals surface area contributed by atoms with Crippen LogP contribution in [0.4, 0.5) is 0 Å². The topological polar surface area (TPSA) is 59.1 Å². The first-order chi connectivity index (χ1) is 8.09. The Morgan fingerprint density at radius 3 is 2.82 bits per heavy atom. The molecule has 0 aromatic carbocycles. The molecular formula is C12H19BrN2OS. The Hall–Kier alpha value is -0.100. The van der Waals surface area contributed by atoms with Gasteiger partial charge in [0.15, 0.2) is 0 Å². The number of hydrogen-bond donors (Lipinski definition) is 2. The minimum Gasteiger partial charge on any atom is -0.389 e. The molecule has 0 amide bonds. The van der Waals surface area contributed by atoms with Crippen molar-refractivity contribution < 1.29 is 5.11 Å². The molecule has 0 bridgehead atoms. The van der Waals surface area contributed by atoms with Crippen molar-refractivity contribution >= 4 is 27.7 Å². The second kappa shape index (κ2) is 7.36. The lowest BCUT2D eigenvalue weighted by molar-refractivity contribution is 0.0360. The molecular weight excluding hydrogens is 300 g/mol. The lowest BCUT2D eigenvalue weighted by Crippen LogP contribution is -2.36. The number of aliphatic hydroxyl groups is 1. The maximum Gasteiger partial charge on any atom is 0.0960 e. The predicted molar refractivity (Wildman–Crippen MR) is 76.2 cm³/mol. The summed E-state index contributed by atoms with van der Waals surface area (Å²) in [5, 5.41) is 11.0. The van der Waals surface area contributed by atoms with E-state index in [1.807, 2.05) is 19.1 Å². The molecule has 0 aliphatic carbocycles. The largest absolute Gasteiger partial charge is 0.389 e. The molecule has 0 radical (unpaired) electrons. The Morgan fingerprint density at radius 2 is 2.29 bits per heavy atom. The molecule has 3 N–H and O–H groups in total. The lowest BCUT2D eigenvalue weighted by atomic mass is 9.95. The van der Waals surface area contributed by atoms with Gasteiger partial charge in [0.2, 0.25) is 0 Å². The first-order valence-corrected chi connectivity index (χ1v) is 7.54. The average molecular weight is 319 g/mol. The van der Waals surface area contributed by atoms with Crippen LogP contribution in [-0.2, 0) is 0 Å². The number of nitrogens with zero attached hydrogens (tertiary/aromatic N) is 1. The van der Waals surface area contributed by atoms with E-state index in [2.05, 4.69) is 20.9 Å². The van der Waals surface area contributed by atoms with Crippen LogP contribution in [0.15, 0.2) is 27.8 Å². The molecule has 1 atom stereocenters. The highest BCUT2D eigenvalue weighted by molar-refractivity contribution is 9.10. The van der Waals surface area contributed by atoms with Gasteiger partial charge < -0.3 is 10.8 Å². The SMILES string of the molecule is CCC(O)(CN)CCCSc1ccc(Br)cn1. The summed E-state index contributed by atoms with van der Waals surface area (Å²) in [7, 11) is 0. The molecule has 96 valence electrons. The normalized spacial score (nSPS) is 14.6. The van der Waals surface area contributed by atoms with Crippen molar-refractivity contribution in [2.75, 3.05) is 12.3 Å². The third kappa shape index (κ3) is 5.38. The van der Waals surface area contributed by atoms with E-state index in [9.17, 15) is 5.11 Å². The number of hydrogen-bond acceptors (Lipinski definition) is 4. The van der Waals surface area contributed by atoms with Gasteiger partial charge in [-0.1, -0.05) is 6.92 Å².